The normalized spacial score (nSPS) is 19.4. The molecule has 0 bridgehead atoms. The fraction of sp³-hybridized carbons (Fsp3) is 0.571. The van der Waals surface area contributed by atoms with Crippen LogP contribution in [0.5, 0.6) is 0 Å². The number of likely N-dealkylation sites (N-methyl/N-ethyl adjacent to an activating group) is 1. The molecule has 20 heavy (non-hydrogen) atoms. The number of rotatable bonds is 4. The Kier molecular flexibility index (Phi) is 4.99. The highest BCUT2D eigenvalue weighted by molar-refractivity contribution is 9.08. The number of halogens is 1. The second kappa shape index (κ2) is 6.54. The quantitative estimate of drug-likeness (QED) is 0.479. The minimum absolute atomic E-state index is 0.187. The van der Waals surface area contributed by atoms with Crippen LogP contribution in [0.2, 0.25) is 0 Å². The molecule has 2 rings (SSSR count). The first-order valence-electron chi connectivity index (χ1n) is 6.77. The van der Waals surface area contributed by atoms with Gasteiger partial charge in [0, 0.05) is 41.8 Å². The number of anilines is 1. The van der Waals surface area contributed by atoms with Crippen LogP contribution in [0.3, 0.4) is 0 Å². The van der Waals surface area contributed by atoms with Crippen molar-refractivity contribution in [2.24, 2.45) is 0 Å². The van der Waals surface area contributed by atoms with Crippen LogP contribution in [0.15, 0.2) is 18.2 Å². The molecule has 1 heterocycles. The summed E-state index contributed by atoms with van der Waals surface area (Å²) in [5.41, 5.74) is 2.00. The van der Waals surface area contributed by atoms with E-state index in [1.54, 1.807) is 6.07 Å². The van der Waals surface area contributed by atoms with Gasteiger partial charge in [0.2, 0.25) is 0 Å². The van der Waals surface area contributed by atoms with E-state index >= 15 is 0 Å². The fourth-order valence-corrected chi connectivity index (χ4v) is 3.11. The minimum Gasteiger partial charge on any atom is -0.370 e. The Morgan fingerprint density at radius 2 is 2.25 bits per heavy atom. The first kappa shape index (κ1) is 15.3. The molecule has 1 unspecified atom stereocenters. The van der Waals surface area contributed by atoms with Crippen LogP contribution < -0.4 is 4.90 Å². The largest absolute Gasteiger partial charge is 0.370 e. The lowest BCUT2D eigenvalue weighted by Crippen LogP contribution is -2.45. The van der Waals surface area contributed by atoms with Gasteiger partial charge in [-0.25, -0.2) is 0 Å². The van der Waals surface area contributed by atoms with Crippen LogP contribution in [0.4, 0.5) is 11.4 Å². The lowest BCUT2D eigenvalue weighted by Gasteiger charge is -2.37. The average Bonchev–Trinajstić information content (AvgIpc) is 2.46. The first-order valence-corrected chi connectivity index (χ1v) is 7.89. The van der Waals surface area contributed by atoms with E-state index < -0.39 is 0 Å². The predicted molar refractivity (Wildman–Crippen MR) is 84.6 cm³/mol. The molecular weight excluding hydrogens is 322 g/mol. The second-order valence-corrected chi connectivity index (χ2v) is 5.97. The van der Waals surface area contributed by atoms with Gasteiger partial charge in [0.25, 0.3) is 5.69 Å². The molecule has 0 aromatic heterocycles. The Bertz CT molecular complexity index is 493. The van der Waals surface area contributed by atoms with Crippen molar-refractivity contribution >= 4 is 27.3 Å². The zero-order chi connectivity index (χ0) is 14.7. The van der Waals surface area contributed by atoms with Crippen molar-refractivity contribution in [3.8, 4) is 0 Å². The summed E-state index contributed by atoms with van der Waals surface area (Å²) in [7, 11) is 4.21. The third kappa shape index (κ3) is 3.30. The molecule has 5 nitrogen and oxygen atoms in total. The van der Waals surface area contributed by atoms with Gasteiger partial charge in [-0.2, -0.15) is 0 Å². The molecule has 6 heteroatoms. The lowest BCUT2D eigenvalue weighted by atomic mass is 10.0. The SMILES string of the molecule is CN(C)C1CCCN(c2ccc([N+](=O)[O-])c(CBr)c2)C1. The molecule has 0 radical (unpaired) electrons. The smallest absolute Gasteiger partial charge is 0.273 e. The van der Waals surface area contributed by atoms with E-state index in [0.717, 1.165) is 30.8 Å². The number of nitro benzene ring substituents is 1. The van der Waals surface area contributed by atoms with E-state index in [-0.39, 0.29) is 10.6 Å². The number of benzene rings is 1. The zero-order valence-electron chi connectivity index (χ0n) is 11.9. The van der Waals surface area contributed by atoms with Crippen LogP contribution in [0.1, 0.15) is 18.4 Å². The summed E-state index contributed by atoms with van der Waals surface area (Å²) < 4.78 is 0. The average molecular weight is 342 g/mol. The van der Waals surface area contributed by atoms with Crippen molar-refractivity contribution in [3.63, 3.8) is 0 Å². The first-order chi connectivity index (χ1) is 9.52. The Morgan fingerprint density at radius 1 is 1.50 bits per heavy atom. The summed E-state index contributed by atoms with van der Waals surface area (Å²) in [4.78, 5) is 15.2. The standard InChI is InChI=1S/C14H20BrN3O2/c1-16(2)13-4-3-7-17(10-13)12-5-6-14(18(19)20)11(8-12)9-15/h5-6,8,13H,3-4,7,9-10H2,1-2H3. The van der Waals surface area contributed by atoms with Gasteiger partial charge in [-0.1, -0.05) is 15.9 Å². The van der Waals surface area contributed by atoms with Gasteiger partial charge in [-0.05, 0) is 39.1 Å². The van der Waals surface area contributed by atoms with E-state index in [0.29, 0.717) is 11.4 Å². The number of nitrogens with zero attached hydrogens (tertiary/aromatic N) is 3. The number of hydrogen-bond acceptors (Lipinski definition) is 4. The molecule has 1 atom stereocenters. The fourth-order valence-electron chi connectivity index (χ4n) is 2.66. The summed E-state index contributed by atoms with van der Waals surface area (Å²) >= 11 is 3.34. The van der Waals surface area contributed by atoms with Crippen LogP contribution in [0.25, 0.3) is 0 Å². The molecule has 0 spiro atoms. The highest BCUT2D eigenvalue weighted by Crippen LogP contribution is 2.29. The van der Waals surface area contributed by atoms with E-state index in [9.17, 15) is 10.1 Å². The lowest BCUT2D eigenvalue weighted by molar-refractivity contribution is -0.385. The summed E-state index contributed by atoms with van der Waals surface area (Å²) in [6.07, 6.45) is 2.37. The molecular formula is C14H20BrN3O2. The molecule has 1 aromatic rings. The zero-order valence-corrected chi connectivity index (χ0v) is 13.5. The maximum atomic E-state index is 11.0. The molecule has 0 saturated carbocycles. The van der Waals surface area contributed by atoms with Crippen LogP contribution in [0, 0.1) is 10.1 Å². The predicted octanol–water partition coefficient (Wildman–Crippen LogP) is 3.02. The van der Waals surface area contributed by atoms with Crippen molar-refractivity contribution < 1.29 is 4.92 Å². The number of piperidine rings is 1. The summed E-state index contributed by atoms with van der Waals surface area (Å²) in [6, 6.07) is 5.96. The van der Waals surface area contributed by atoms with Gasteiger partial charge in [-0.15, -0.1) is 0 Å². The third-order valence-corrected chi connectivity index (χ3v) is 4.50. The van der Waals surface area contributed by atoms with Crippen molar-refractivity contribution in [1.29, 1.82) is 0 Å². The molecule has 1 aromatic carbocycles. The van der Waals surface area contributed by atoms with E-state index in [2.05, 4.69) is 39.8 Å². The number of hydrogen-bond donors (Lipinski definition) is 0. The maximum Gasteiger partial charge on any atom is 0.273 e. The van der Waals surface area contributed by atoms with Gasteiger partial charge >= 0.3 is 0 Å². The summed E-state index contributed by atoms with van der Waals surface area (Å²) in [5.74, 6) is 0. The van der Waals surface area contributed by atoms with Crippen molar-refractivity contribution in [2.75, 3.05) is 32.1 Å². The highest BCUT2D eigenvalue weighted by Gasteiger charge is 2.23. The van der Waals surface area contributed by atoms with Crippen LogP contribution in [-0.2, 0) is 5.33 Å². The third-order valence-electron chi connectivity index (χ3n) is 3.90. The summed E-state index contributed by atoms with van der Waals surface area (Å²) in [6.45, 7) is 2.00. The minimum atomic E-state index is -0.320. The molecule has 1 aliphatic rings. The van der Waals surface area contributed by atoms with Gasteiger partial charge in [0.1, 0.15) is 0 Å². The topological polar surface area (TPSA) is 49.6 Å². The number of nitro groups is 1. The molecule has 1 fully saturated rings. The Hall–Kier alpha value is -1.14. The van der Waals surface area contributed by atoms with E-state index in [1.165, 1.54) is 6.42 Å². The molecule has 0 aliphatic carbocycles. The highest BCUT2D eigenvalue weighted by atomic mass is 79.9. The molecule has 110 valence electrons. The van der Waals surface area contributed by atoms with Crippen LogP contribution in [-0.4, -0.2) is 43.0 Å². The van der Waals surface area contributed by atoms with E-state index in [1.807, 2.05) is 12.1 Å². The van der Waals surface area contributed by atoms with Gasteiger partial charge in [0.15, 0.2) is 0 Å². The molecule has 0 N–H and O–H groups in total. The molecule has 0 amide bonds. The van der Waals surface area contributed by atoms with Gasteiger partial charge in [0.05, 0.1) is 4.92 Å². The van der Waals surface area contributed by atoms with Crippen molar-refractivity contribution in [1.82, 2.24) is 4.90 Å². The molecule has 1 aliphatic heterocycles. The van der Waals surface area contributed by atoms with Crippen LogP contribution >= 0.6 is 15.9 Å². The van der Waals surface area contributed by atoms with Crippen molar-refractivity contribution in [2.45, 2.75) is 24.2 Å². The summed E-state index contributed by atoms with van der Waals surface area (Å²) in [5, 5.41) is 11.5. The monoisotopic (exact) mass is 341 g/mol. The van der Waals surface area contributed by atoms with Crippen molar-refractivity contribution in [3.05, 3.63) is 33.9 Å². The molecule has 1 saturated heterocycles. The van der Waals surface area contributed by atoms with Gasteiger partial charge in [-0.3, -0.25) is 10.1 Å². The Labute approximate surface area is 127 Å². The maximum absolute atomic E-state index is 11.0. The number of alkyl halides is 1. The Morgan fingerprint density at radius 3 is 2.85 bits per heavy atom. The Balaban J connectivity index is 2.22. The second-order valence-electron chi connectivity index (χ2n) is 5.41. The van der Waals surface area contributed by atoms with E-state index in [4.69, 9.17) is 0 Å². The van der Waals surface area contributed by atoms with Gasteiger partial charge < -0.3 is 9.80 Å².